The summed E-state index contributed by atoms with van der Waals surface area (Å²) in [7, 11) is 0. The molecule has 3 aromatic carbocycles. The van der Waals surface area contributed by atoms with Crippen molar-refractivity contribution in [2.45, 2.75) is 31.3 Å². The first-order valence-corrected chi connectivity index (χ1v) is 12.0. The Morgan fingerprint density at radius 1 is 0.950 bits per heavy atom. The van der Waals surface area contributed by atoms with Gasteiger partial charge in [0.2, 0.25) is 5.60 Å². The van der Waals surface area contributed by atoms with E-state index in [1.807, 2.05) is 0 Å². The van der Waals surface area contributed by atoms with Crippen LogP contribution in [0.1, 0.15) is 30.0 Å². The van der Waals surface area contributed by atoms with Gasteiger partial charge in [-0.3, -0.25) is 0 Å². The number of rotatable bonds is 8. The Morgan fingerprint density at radius 2 is 1.60 bits per heavy atom. The molecule has 2 N–H and O–H groups in total. The standard InChI is InChI=1S/C29H23F6N3O2/c1-3-14-39-27(18(2)37,29(33,34)35)25-17-38(26-7-5-4-6-23(25)26)20-9-12-21(13-10-20)40-22-11-8-19(16-36)24(15-22)28(30,31)32/h4-13,15,17H,2-3,14,37H2,1H3. The Bertz CT molecular complexity index is 1580. The van der Waals surface area contributed by atoms with Crippen molar-refractivity contribution < 1.29 is 35.8 Å². The van der Waals surface area contributed by atoms with Gasteiger partial charge in [0.1, 0.15) is 11.5 Å². The molecule has 0 saturated heterocycles. The number of benzene rings is 3. The SMILES string of the molecule is C=C(N)C(OCCC)(c1cn(-c2ccc(Oc3ccc(C#N)c(C(F)(F)F)c3)cc2)c2ccccc12)C(F)(F)F. The quantitative estimate of drug-likeness (QED) is 0.222. The molecule has 4 rings (SSSR count). The zero-order chi connectivity index (χ0) is 29.3. The van der Waals surface area contributed by atoms with E-state index in [9.17, 15) is 26.3 Å². The van der Waals surface area contributed by atoms with Gasteiger partial charge in [-0.1, -0.05) is 31.7 Å². The molecule has 1 heterocycles. The fourth-order valence-corrected chi connectivity index (χ4v) is 4.42. The molecule has 11 heteroatoms. The van der Waals surface area contributed by atoms with Crippen LogP contribution in [0.15, 0.2) is 85.2 Å². The number of nitriles is 1. The highest BCUT2D eigenvalue weighted by atomic mass is 19.4. The summed E-state index contributed by atoms with van der Waals surface area (Å²) >= 11 is 0. The highest BCUT2D eigenvalue weighted by molar-refractivity contribution is 5.87. The Kier molecular flexibility index (Phi) is 7.59. The van der Waals surface area contributed by atoms with Gasteiger partial charge >= 0.3 is 12.4 Å². The summed E-state index contributed by atoms with van der Waals surface area (Å²) < 4.78 is 96.2. The number of nitrogens with two attached hydrogens (primary N) is 1. The van der Waals surface area contributed by atoms with Crippen molar-refractivity contribution >= 4 is 10.9 Å². The van der Waals surface area contributed by atoms with Crippen molar-refractivity contribution in [1.29, 1.82) is 5.26 Å². The third-order valence-electron chi connectivity index (χ3n) is 6.23. The summed E-state index contributed by atoms with van der Waals surface area (Å²) in [5.74, 6) is 0.0294. The Balaban J connectivity index is 1.76. The molecule has 1 unspecified atom stereocenters. The van der Waals surface area contributed by atoms with Gasteiger partial charge in [-0.05, 0) is 55.0 Å². The molecule has 4 aromatic rings. The molecule has 208 valence electrons. The third kappa shape index (κ3) is 5.10. The summed E-state index contributed by atoms with van der Waals surface area (Å²) in [5, 5.41) is 9.22. The predicted molar refractivity (Wildman–Crippen MR) is 137 cm³/mol. The van der Waals surface area contributed by atoms with E-state index in [1.54, 1.807) is 37.3 Å². The summed E-state index contributed by atoms with van der Waals surface area (Å²) in [6, 6.07) is 16.9. The van der Waals surface area contributed by atoms with E-state index in [-0.39, 0.29) is 29.1 Å². The zero-order valence-electron chi connectivity index (χ0n) is 21.1. The highest BCUT2D eigenvalue weighted by Gasteiger charge is 2.60. The first-order chi connectivity index (χ1) is 18.8. The molecule has 5 nitrogen and oxygen atoms in total. The first-order valence-electron chi connectivity index (χ1n) is 12.0. The number of halogens is 6. The van der Waals surface area contributed by atoms with Crippen LogP contribution in [0.5, 0.6) is 11.5 Å². The van der Waals surface area contributed by atoms with E-state index in [4.69, 9.17) is 20.5 Å². The summed E-state index contributed by atoms with van der Waals surface area (Å²) in [5.41, 5.74) is 1.08. The minimum absolute atomic E-state index is 0.141. The van der Waals surface area contributed by atoms with Gasteiger partial charge in [-0.15, -0.1) is 0 Å². The molecule has 0 bridgehead atoms. The maximum Gasteiger partial charge on any atom is 0.427 e. The molecular formula is C29H23F6N3O2. The van der Waals surface area contributed by atoms with Crippen LogP contribution in [0.4, 0.5) is 26.3 Å². The highest BCUT2D eigenvalue weighted by Crippen LogP contribution is 2.49. The third-order valence-corrected chi connectivity index (χ3v) is 6.23. The Labute approximate surface area is 225 Å². The fourth-order valence-electron chi connectivity index (χ4n) is 4.42. The summed E-state index contributed by atoms with van der Waals surface area (Å²) in [6.07, 6.45) is -8.06. The maximum atomic E-state index is 14.6. The molecule has 0 aliphatic heterocycles. The summed E-state index contributed by atoms with van der Waals surface area (Å²) in [4.78, 5) is 0. The van der Waals surface area contributed by atoms with Crippen LogP contribution in [0, 0.1) is 11.3 Å². The van der Waals surface area contributed by atoms with Gasteiger partial charge in [0.25, 0.3) is 0 Å². The number of aromatic nitrogens is 1. The van der Waals surface area contributed by atoms with Crippen molar-refractivity contribution in [1.82, 2.24) is 4.57 Å². The zero-order valence-corrected chi connectivity index (χ0v) is 21.1. The lowest BCUT2D eigenvalue weighted by atomic mass is 9.89. The minimum atomic E-state index is -4.92. The molecule has 0 fully saturated rings. The van der Waals surface area contributed by atoms with E-state index in [2.05, 4.69) is 6.58 Å². The molecule has 0 amide bonds. The van der Waals surface area contributed by atoms with Crippen LogP contribution in [0.2, 0.25) is 0 Å². The van der Waals surface area contributed by atoms with Crippen molar-refractivity contribution in [3.8, 4) is 23.3 Å². The van der Waals surface area contributed by atoms with E-state index >= 15 is 0 Å². The van der Waals surface area contributed by atoms with E-state index in [1.165, 1.54) is 41.1 Å². The Morgan fingerprint density at radius 3 is 2.17 bits per heavy atom. The minimum Gasteiger partial charge on any atom is -0.457 e. The van der Waals surface area contributed by atoms with Gasteiger partial charge < -0.3 is 19.8 Å². The fraction of sp³-hybridized carbons (Fsp3) is 0.207. The molecular weight excluding hydrogens is 536 g/mol. The molecule has 0 aliphatic carbocycles. The smallest absolute Gasteiger partial charge is 0.427 e. The number of ether oxygens (including phenoxy) is 2. The van der Waals surface area contributed by atoms with E-state index < -0.39 is 34.8 Å². The second-order valence-corrected chi connectivity index (χ2v) is 8.90. The van der Waals surface area contributed by atoms with E-state index in [0.29, 0.717) is 17.6 Å². The van der Waals surface area contributed by atoms with Crippen LogP contribution in [-0.4, -0.2) is 17.4 Å². The second kappa shape index (κ2) is 10.6. The monoisotopic (exact) mass is 559 g/mol. The Hall–Kier alpha value is -4.43. The van der Waals surface area contributed by atoms with Crippen LogP contribution >= 0.6 is 0 Å². The van der Waals surface area contributed by atoms with Crippen LogP contribution in [0.3, 0.4) is 0 Å². The predicted octanol–water partition coefficient (Wildman–Crippen LogP) is 7.97. The normalized spacial score (nSPS) is 13.6. The van der Waals surface area contributed by atoms with Crippen molar-refractivity contribution in [2.75, 3.05) is 6.61 Å². The number of nitrogens with zero attached hydrogens (tertiary/aromatic N) is 2. The largest absolute Gasteiger partial charge is 0.457 e. The molecule has 0 spiro atoms. The molecule has 0 saturated carbocycles. The average Bonchev–Trinajstić information content (AvgIpc) is 3.28. The van der Waals surface area contributed by atoms with Crippen molar-refractivity contribution in [2.24, 2.45) is 5.73 Å². The molecule has 40 heavy (non-hydrogen) atoms. The van der Waals surface area contributed by atoms with Gasteiger partial charge in [0.15, 0.2) is 0 Å². The first kappa shape index (κ1) is 28.6. The number of hydrogen-bond donors (Lipinski definition) is 1. The lowest BCUT2D eigenvalue weighted by molar-refractivity contribution is -0.268. The maximum absolute atomic E-state index is 14.6. The number of para-hydroxylation sites is 1. The van der Waals surface area contributed by atoms with Gasteiger partial charge in [-0.2, -0.15) is 31.6 Å². The van der Waals surface area contributed by atoms with Gasteiger partial charge in [0.05, 0.1) is 22.7 Å². The van der Waals surface area contributed by atoms with Gasteiger partial charge in [0, 0.05) is 35.1 Å². The van der Waals surface area contributed by atoms with Gasteiger partial charge in [-0.25, -0.2) is 0 Å². The molecule has 1 aromatic heterocycles. The lowest BCUT2D eigenvalue weighted by Gasteiger charge is -2.35. The molecule has 1 atom stereocenters. The second-order valence-electron chi connectivity index (χ2n) is 8.90. The van der Waals surface area contributed by atoms with Crippen molar-refractivity contribution in [3.05, 3.63) is 102 Å². The molecule has 0 radical (unpaired) electrons. The van der Waals surface area contributed by atoms with E-state index in [0.717, 1.165) is 12.1 Å². The number of fused-ring (bicyclic) bond motifs is 1. The molecule has 0 aliphatic rings. The average molecular weight is 560 g/mol. The number of alkyl halides is 6. The van der Waals surface area contributed by atoms with Crippen LogP contribution < -0.4 is 10.5 Å². The van der Waals surface area contributed by atoms with Crippen LogP contribution in [-0.2, 0) is 16.5 Å². The van der Waals surface area contributed by atoms with Crippen LogP contribution in [0.25, 0.3) is 16.6 Å². The van der Waals surface area contributed by atoms with Crippen molar-refractivity contribution in [3.63, 3.8) is 0 Å². The topological polar surface area (TPSA) is 73.2 Å². The summed E-state index contributed by atoms with van der Waals surface area (Å²) in [6.45, 7) is 4.87. The lowest BCUT2D eigenvalue weighted by Crippen LogP contribution is -2.48. The number of hydrogen-bond acceptors (Lipinski definition) is 4.